The van der Waals surface area contributed by atoms with Gasteiger partial charge in [0.25, 0.3) is 0 Å². The Labute approximate surface area is 82.7 Å². The molecular formula is C8H18MgO. The van der Waals surface area contributed by atoms with E-state index in [2.05, 4.69) is 13.8 Å². The number of hydrogen-bond acceptors (Lipinski definition) is 1. The third kappa shape index (κ3) is 11.3. The second-order valence-electron chi connectivity index (χ2n) is 2.84. The van der Waals surface area contributed by atoms with Crippen LogP contribution in [0.25, 0.3) is 0 Å². The van der Waals surface area contributed by atoms with Gasteiger partial charge in [-0.25, -0.2) is 0 Å². The molecule has 0 bridgehead atoms. The zero-order valence-corrected chi connectivity index (χ0v) is 8.51. The Balaban J connectivity index is -0.000000107. The van der Waals surface area contributed by atoms with Crippen molar-refractivity contribution < 1.29 is 7.65 Å². The van der Waals surface area contributed by atoms with Gasteiger partial charge in [0.05, 0.1) is 0 Å². The smallest absolute Gasteiger partial charge is 1.00 e. The Morgan fingerprint density at radius 3 is 2.40 bits per heavy atom. The minimum Gasteiger partial charge on any atom is -1.00 e. The van der Waals surface area contributed by atoms with Crippen molar-refractivity contribution >= 4 is 29.3 Å². The average molecular weight is 155 g/mol. The molecule has 0 saturated heterocycles. The largest absolute Gasteiger partial charge is 2.00 e. The SMILES string of the molecule is CC(C)CCCCC=O.[H-].[H-].[Mg+2]. The molecule has 0 aromatic heterocycles. The van der Waals surface area contributed by atoms with E-state index in [-0.39, 0.29) is 25.9 Å². The van der Waals surface area contributed by atoms with Gasteiger partial charge in [0.15, 0.2) is 0 Å². The zero-order chi connectivity index (χ0) is 7.11. The molecule has 0 radical (unpaired) electrons. The van der Waals surface area contributed by atoms with Gasteiger partial charge in [0.2, 0.25) is 0 Å². The maximum absolute atomic E-state index is 9.85. The van der Waals surface area contributed by atoms with Crippen LogP contribution in [0, 0.1) is 5.92 Å². The summed E-state index contributed by atoms with van der Waals surface area (Å²) in [5, 5.41) is 0. The van der Waals surface area contributed by atoms with Crippen LogP contribution < -0.4 is 0 Å². The Hall–Kier alpha value is 0.436. The minimum atomic E-state index is 0. The summed E-state index contributed by atoms with van der Waals surface area (Å²) in [4.78, 5) is 9.85. The first kappa shape index (κ1) is 13.1. The molecule has 0 spiro atoms. The first-order chi connectivity index (χ1) is 4.27. The second-order valence-corrected chi connectivity index (χ2v) is 2.84. The van der Waals surface area contributed by atoms with E-state index in [1.165, 1.54) is 12.8 Å². The predicted molar refractivity (Wildman–Crippen MR) is 47.3 cm³/mol. The fraction of sp³-hybridized carbons (Fsp3) is 0.875. The van der Waals surface area contributed by atoms with Crippen molar-refractivity contribution in [1.82, 2.24) is 0 Å². The fourth-order valence-corrected chi connectivity index (χ4v) is 0.780. The molecular weight excluding hydrogens is 136 g/mol. The fourth-order valence-electron chi connectivity index (χ4n) is 0.780. The van der Waals surface area contributed by atoms with Crippen molar-refractivity contribution in [3.8, 4) is 0 Å². The molecule has 0 rings (SSSR count). The molecule has 2 heteroatoms. The number of rotatable bonds is 5. The summed E-state index contributed by atoms with van der Waals surface area (Å²) in [6, 6.07) is 0. The molecule has 0 amide bonds. The maximum atomic E-state index is 9.85. The standard InChI is InChI=1S/C8H16O.Mg.2H/c1-8(2)6-4-3-5-7-9;;;/h7-8H,3-6H2,1-2H3;;;/q;+2;2*-1. The number of carbonyl (C=O) groups excluding carboxylic acids is 1. The molecule has 0 aliphatic heterocycles. The molecule has 0 heterocycles. The van der Waals surface area contributed by atoms with E-state index in [0.717, 1.165) is 25.0 Å². The van der Waals surface area contributed by atoms with Gasteiger partial charge in [0, 0.05) is 6.42 Å². The van der Waals surface area contributed by atoms with Crippen LogP contribution >= 0.6 is 0 Å². The van der Waals surface area contributed by atoms with E-state index in [4.69, 9.17) is 0 Å². The molecule has 0 aromatic rings. The van der Waals surface area contributed by atoms with Crippen molar-refractivity contribution in [3.63, 3.8) is 0 Å². The number of aldehydes is 1. The van der Waals surface area contributed by atoms with Crippen LogP contribution in [0.3, 0.4) is 0 Å². The summed E-state index contributed by atoms with van der Waals surface area (Å²) in [6.07, 6.45) is 5.28. The summed E-state index contributed by atoms with van der Waals surface area (Å²) < 4.78 is 0. The summed E-state index contributed by atoms with van der Waals surface area (Å²) in [6.45, 7) is 4.42. The van der Waals surface area contributed by atoms with Crippen LogP contribution in [0.1, 0.15) is 42.4 Å². The van der Waals surface area contributed by atoms with Gasteiger partial charge in [-0.1, -0.05) is 26.7 Å². The molecule has 0 atom stereocenters. The zero-order valence-electron chi connectivity index (χ0n) is 9.10. The van der Waals surface area contributed by atoms with Crippen molar-refractivity contribution in [2.45, 2.75) is 39.5 Å². The monoisotopic (exact) mass is 154 g/mol. The summed E-state index contributed by atoms with van der Waals surface area (Å²) in [5.74, 6) is 0.789. The Bertz CT molecular complexity index is 79.5. The van der Waals surface area contributed by atoms with Gasteiger partial charge in [-0.15, -0.1) is 0 Å². The van der Waals surface area contributed by atoms with E-state index in [9.17, 15) is 4.79 Å². The number of hydrogen-bond donors (Lipinski definition) is 0. The van der Waals surface area contributed by atoms with Crippen LogP contribution in [0.4, 0.5) is 0 Å². The molecule has 58 valence electrons. The first-order valence-corrected chi connectivity index (χ1v) is 3.71. The Morgan fingerprint density at radius 1 is 1.40 bits per heavy atom. The van der Waals surface area contributed by atoms with Crippen LogP contribution in [0.2, 0.25) is 0 Å². The molecule has 10 heavy (non-hydrogen) atoms. The molecule has 0 fully saturated rings. The molecule has 0 aliphatic carbocycles. The second kappa shape index (κ2) is 9.44. The molecule has 1 nitrogen and oxygen atoms in total. The predicted octanol–water partition coefficient (Wildman–Crippen LogP) is 2.25. The number of carbonyl (C=O) groups is 1. The van der Waals surface area contributed by atoms with Crippen LogP contribution in [0.5, 0.6) is 0 Å². The van der Waals surface area contributed by atoms with Crippen molar-refractivity contribution in [2.75, 3.05) is 0 Å². The molecule has 0 N–H and O–H groups in total. The van der Waals surface area contributed by atoms with E-state index in [1.807, 2.05) is 0 Å². The quantitative estimate of drug-likeness (QED) is 0.337. The molecule has 0 aliphatic rings. The molecule has 0 saturated carbocycles. The summed E-state index contributed by atoms with van der Waals surface area (Å²) >= 11 is 0. The number of unbranched alkanes of at least 4 members (excludes halogenated alkanes) is 2. The van der Waals surface area contributed by atoms with E-state index >= 15 is 0 Å². The van der Waals surface area contributed by atoms with E-state index in [0.29, 0.717) is 0 Å². The van der Waals surface area contributed by atoms with Crippen molar-refractivity contribution in [1.29, 1.82) is 0 Å². The van der Waals surface area contributed by atoms with E-state index in [1.54, 1.807) is 0 Å². The molecule has 0 unspecified atom stereocenters. The van der Waals surface area contributed by atoms with Crippen molar-refractivity contribution in [3.05, 3.63) is 0 Å². The van der Waals surface area contributed by atoms with Crippen LogP contribution in [-0.2, 0) is 4.79 Å². The van der Waals surface area contributed by atoms with Crippen molar-refractivity contribution in [2.24, 2.45) is 5.92 Å². The van der Waals surface area contributed by atoms with Gasteiger partial charge in [0.1, 0.15) is 6.29 Å². The topological polar surface area (TPSA) is 17.1 Å². The molecule has 0 aromatic carbocycles. The third-order valence-electron chi connectivity index (χ3n) is 1.35. The van der Waals surface area contributed by atoms with Gasteiger partial charge in [-0.05, 0) is 12.3 Å². The van der Waals surface area contributed by atoms with Crippen LogP contribution in [-0.4, -0.2) is 29.3 Å². The Morgan fingerprint density at radius 2 is 2.00 bits per heavy atom. The maximum Gasteiger partial charge on any atom is 2.00 e. The summed E-state index contributed by atoms with van der Waals surface area (Å²) in [5.41, 5.74) is 0. The van der Waals surface area contributed by atoms with Gasteiger partial charge >= 0.3 is 23.1 Å². The summed E-state index contributed by atoms with van der Waals surface area (Å²) in [7, 11) is 0. The average Bonchev–Trinajstić information content (AvgIpc) is 1.80. The first-order valence-electron chi connectivity index (χ1n) is 3.71. The van der Waals surface area contributed by atoms with Gasteiger partial charge in [-0.2, -0.15) is 0 Å². The Kier molecular flexibility index (Phi) is 12.3. The van der Waals surface area contributed by atoms with Gasteiger partial charge in [-0.3, -0.25) is 0 Å². The normalized spacial score (nSPS) is 9.10. The van der Waals surface area contributed by atoms with Gasteiger partial charge < -0.3 is 7.65 Å². The van der Waals surface area contributed by atoms with Crippen LogP contribution in [0.15, 0.2) is 0 Å². The third-order valence-corrected chi connectivity index (χ3v) is 1.35. The minimum absolute atomic E-state index is 0. The van der Waals surface area contributed by atoms with E-state index < -0.39 is 0 Å².